The van der Waals surface area contributed by atoms with Crippen LogP contribution in [0.15, 0.2) is 54.4 Å². The van der Waals surface area contributed by atoms with Gasteiger partial charge in [-0.3, -0.25) is 4.79 Å². The minimum atomic E-state index is -0.608. The Morgan fingerprint density at radius 1 is 1.15 bits per heavy atom. The van der Waals surface area contributed by atoms with Crippen molar-refractivity contribution in [3.8, 4) is 0 Å². The SMILES string of the molecule is COC(=O)/C(=C/c1ccc[nH]1)NC(=O)c1ccccc1. The van der Waals surface area contributed by atoms with E-state index in [-0.39, 0.29) is 11.6 Å². The average Bonchev–Trinajstić information content (AvgIpc) is 2.99. The quantitative estimate of drug-likeness (QED) is 0.659. The van der Waals surface area contributed by atoms with E-state index in [2.05, 4.69) is 15.0 Å². The Labute approximate surface area is 116 Å². The largest absolute Gasteiger partial charge is 0.464 e. The van der Waals surface area contributed by atoms with Gasteiger partial charge in [-0.2, -0.15) is 0 Å². The Kier molecular flexibility index (Phi) is 4.34. The molecule has 5 nitrogen and oxygen atoms in total. The number of rotatable bonds is 4. The summed E-state index contributed by atoms with van der Waals surface area (Å²) >= 11 is 0. The highest BCUT2D eigenvalue weighted by Crippen LogP contribution is 2.06. The third-order valence-corrected chi connectivity index (χ3v) is 2.61. The second kappa shape index (κ2) is 6.38. The third-order valence-electron chi connectivity index (χ3n) is 2.61. The van der Waals surface area contributed by atoms with Gasteiger partial charge in [-0.25, -0.2) is 4.79 Å². The minimum Gasteiger partial charge on any atom is -0.464 e. The number of ether oxygens (including phenoxy) is 1. The first-order chi connectivity index (χ1) is 9.70. The van der Waals surface area contributed by atoms with Crippen molar-refractivity contribution < 1.29 is 14.3 Å². The molecule has 1 heterocycles. The summed E-state index contributed by atoms with van der Waals surface area (Å²) in [5, 5.41) is 2.55. The highest BCUT2D eigenvalue weighted by Gasteiger charge is 2.14. The molecule has 2 N–H and O–H groups in total. The van der Waals surface area contributed by atoms with Crippen LogP contribution in [0, 0.1) is 0 Å². The van der Waals surface area contributed by atoms with E-state index in [9.17, 15) is 9.59 Å². The number of aromatic nitrogens is 1. The smallest absolute Gasteiger partial charge is 0.354 e. The van der Waals surface area contributed by atoms with Crippen molar-refractivity contribution in [2.24, 2.45) is 0 Å². The molecule has 0 spiro atoms. The van der Waals surface area contributed by atoms with Crippen LogP contribution >= 0.6 is 0 Å². The highest BCUT2D eigenvalue weighted by atomic mass is 16.5. The van der Waals surface area contributed by atoms with Crippen molar-refractivity contribution in [3.63, 3.8) is 0 Å². The molecule has 0 radical (unpaired) electrons. The van der Waals surface area contributed by atoms with E-state index < -0.39 is 5.97 Å². The van der Waals surface area contributed by atoms with Gasteiger partial charge < -0.3 is 15.0 Å². The zero-order valence-corrected chi connectivity index (χ0v) is 10.9. The summed E-state index contributed by atoms with van der Waals surface area (Å²) in [7, 11) is 1.26. The third kappa shape index (κ3) is 3.35. The lowest BCUT2D eigenvalue weighted by atomic mass is 10.2. The molecular formula is C15H14N2O3. The van der Waals surface area contributed by atoms with Crippen LogP contribution in [0.25, 0.3) is 6.08 Å². The van der Waals surface area contributed by atoms with Crippen molar-refractivity contribution >= 4 is 18.0 Å². The first-order valence-corrected chi connectivity index (χ1v) is 6.00. The van der Waals surface area contributed by atoms with Gasteiger partial charge in [-0.1, -0.05) is 18.2 Å². The van der Waals surface area contributed by atoms with E-state index in [1.165, 1.54) is 13.2 Å². The molecule has 102 valence electrons. The average molecular weight is 270 g/mol. The summed E-state index contributed by atoms with van der Waals surface area (Å²) in [6.07, 6.45) is 3.24. The fourth-order valence-corrected chi connectivity index (χ4v) is 1.63. The van der Waals surface area contributed by atoms with Crippen LogP contribution in [-0.4, -0.2) is 24.0 Å². The molecule has 2 aromatic rings. The first kappa shape index (κ1) is 13.6. The molecule has 1 aromatic carbocycles. The topological polar surface area (TPSA) is 71.2 Å². The monoisotopic (exact) mass is 270 g/mol. The van der Waals surface area contributed by atoms with Crippen LogP contribution < -0.4 is 5.32 Å². The number of benzene rings is 1. The number of carbonyl (C=O) groups is 2. The molecule has 0 aliphatic carbocycles. The van der Waals surface area contributed by atoms with E-state index in [1.54, 1.807) is 42.6 Å². The number of aromatic amines is 1. The molecule has 20 heavy (non-hydrogen) atoms. The Hall–Kier alpha value is -2.82. The molecule has 2 rings (SSSR count). The van der Waals surface area contributed by atoms with Crippen LogP contribution in [-0.2, 0) is 9.53 Å². The summed E-state index contributed by atoms with van der Waals surface area (Å²) in [4.78, 5) is 26.6. The van der Waals surface area contributed by atoms with Gasteiger partial charge in [0.15, 0.2) is 0 Å². The van der Waals surface area contributed by atoms with Crippen molar-refractivity contribution in [1.82, 2.24) is 10.3 Å². The molecule has 1 amide bonds. The number of H-pyrrole nitrogens is 1. The van der Waals surface area contributed by atoms with Crippen molar-refractivity contribution in [2.75, 3.05) is 7.11 Å². The van der Waals surface area contributed by atoms with E-state index in [0.29, 0.717) is 11.3 Å². The normalized spacial score (nSPS) is 10.9. The predicted octanol–water partition coefficient (Wildman–Crippen LogP) is 1.96. The summed E-state index contributed by atoms with van der Waals surface area (Å²) in [6.45, 7) is 0. The lowest BCUT2D eigenvalue weighted by Crippen LogP contribution is -2.28. The maximum atomic E-state index is 12.0. The Morgan fingerprint density at radius 3 is 2.50 bits per heavy atom. The van der Waals surface area contributed by atoms with Gasteiger partial charge in [0.1, 0.15) is 5.70 Å². The van der Waals surface area contributed by atoms with E-state index in [0.717, 1.165) is 0 Å². The number of carbonyl (C=O) groups excluding carboxylic acids is 2. The summed E-state index contributed by atoms with van der Waals surface area (Å²) in [5.74, 6) is -0.974. The molecule has 0 aliphatic heterocycles. The number of hydrogen-bond donors (Lipinski definition) is 2. The Balaban J connectivity index is 2.21. The van der Waals surface area contributed by atoms with Crippen LogP contribution in [0.3, 0.4) is 0 Å². The number of esters is 1. The molecule has 0 atom stereocenters. The van der Waals surface area contributed by atoms with Gasteiger partial charge in [-0.05, 0) is 30.3 Å². The van der Waals surface area contributed by atoms with Crippen LogP contribution in [0.1, 0.15) is 16.1 Å². The fourth-order valence-electron chi connectivity index (χ4n) is 1.63. The molecule has 0 saturated heterocycles. The maximum absolute atomic E-state index is 12.0. The van der Waals surface area contributed by atoms with Crippen LogP contribution in [0.4, 0.5) is 0 Å². The number of hydrogen-bond acceptors (Lipinski definition) is 3. The zero-order chi connectivity index (χ0) is 14.4. The van der Waals surface area contributed by atoms with Crippen molar-refractivity contribution in [1.29, 1.82) is 0 Å². The fraction of sp³-hybridized carbons (Fsp3) is 0.0667. The van der Waals surface area contributed by atoms with Gasteiger partial charge in [0, 0.05) is 17.5 Å². The zero-order valence-electron chi connectivity index (χ0n) is 10.9. The molecular weight excluding hydrogens is 256 g/mol. The lowest BCUT2D eigenvalue weighted by molar-refractivity contribution is -0.136. The lowest BCUT2D eigenvalue weighted by Gasteiger charge is -2.07. The molecule has 0 bridgehead atoms. The van der Waals surface area contributed by atoms with Crippen LogP contribution in [0.2, 0.25) is 0 Å². The highest BCUT2D eigenvalue weighted by molar-refractivity contribution is 6.03. The predicted molar refractivity (Wildman–Crippen MR) is 74.7 cm³/mol. The Bertz CT molecular complexity index is 616. The Morgan fingerprint density at radius 2 is 1.90 bits per heavy atom. The van der Waals surface area contributed by atoms with Crippen LogP contribution in [0.5, 0.6) is 0 Å². The first-order valence-electron chi connectivity index (χ1n) is 6.00. The van der Waals surface area contributed by atoms with E-state index >= 15 is 0 Å². The summed E-state index contributed by atoms with van der Waals surface area (Å²) < 4.78 is 4.66. The van der Waals surface area contributed by atoms with Gasteiger partial charge >= 0.3 is 5.97 Å². The molecule has 1 aromatic heterocycles. The van der Waals surface area contributed by atoms with Gasteiger partial charge in [0.2, 0.25) is 0 Å². The molecule has 0 aliphatic rings. The molecule has 0 unspecified atom stereocenters. The van der Waals surface area contributed by atoms with Gasteiger partial charge in [0.05, 0.1) is 7.11 Å². The van der Waals surface area contributed by atoms with E-state index in [4.69, 9.17) is 0 Å². The standard InChI is InChI=1S/C15H14N2O3/c1-20-15(19)13(10-12-8-5-9-16-12)17-14(18)11-6-3-2-4-7-11/h2-10,16H,1H3,(H,17,18)/b13-10-. The second-order valence-corrected chi connectivity index (χ2v) is 4.00. The second-order valence-electron chi connectivity index (χ2n) is 4.00. The maximum Gasteiger partial charge on any atom is 0.354 e. The molecule has 0 fully saturated rings. The van der Waals surface area contributed by atoms with Crippen molar-refractivity contribution in [2.45, 2.75) is 0 Å². The van der Waals surface area contributed by atoms with Gasteiger partial charge in [-0.15, -0.1) is 0 Å². The number of methoxy groups -OCH3 is 1. The van der Waals surface area contributed by atoms with Crippen molar-refractivity contribution in [3.05, 3.63) is 65.6 Å². The summed E-state index contributed by atoms with van der Waals surface area (Å²) in [6, 6.07) is 12.2. The van der Waals surface area contributed by atoms with Gasteiger partial charge in [0.25, 0.3) is 5.91 Å². The van der Waals surface area contributed by atoms with E-state index in [1.807, 2.05) is 6.07 Å². The molecule has 5 heteroatoms. The number of nitrogens with one attached hydrogen (secondary N) is 2. The molecule has 0 saturated carbocycles. The summed E-state index contributed by atoms with van der Waals surface area (Å²) in [5.41, 5.74) is 1.23. The minimum absolute atomic E-state index is 0.0730. The number of amides is 1.